The first-order valence-corrected chi connectivity index (χ1v) is 9.76. The maximum Gasteiger partial charge on any atom is 0.416 e. The summed E-state index contributed by atoms with van der Waals surface area (Å²) < 4.78 is 54.5. The normalized spacial score (nSPS) is 15.7. The van der Waals surface area contributed by atoms with Crippen molar-refractivity contribution in [2.75, 3.05) is 13.1 Å². The molecule has 0 bridgehead atoms. The fourth-order valence-corrected chi connectivity index (χ4v) is 4.18. The minimum absolute atomic E-state index is 0.0318. The predicted octanol–water partition coefficient (Wildman–Crippen LogP) is 5.29. The zero-order chi connectivity index (χ0) is 21.6. The molecule has 1 aliphatic rings. The van der Waals surface area contributed by atoms with Gasteiger partial charge in [0.2, 0.25) is 0 Å². The first-order chi connectivity index (χ1) is 14.1. The van der Waals surface area contributed by atoms with E-state index in [2.05, 4.69) is 4.98 Å². The van der Waals surface area contributed by atoms with Crippen molar-refractivity contribution in [3.63, 3.8) is 0 Å². The Hall–Kier alpha value is -2.90. The number of hydrogen-bond acceptors (Lipinski definition) is 2. The van der Waals surface area contributed by atoms with E-state index in [0.29, 0.717) is 48.4 Å². The van der Waals surface area contributed by atoms with Crippen LogP contribution in [0.5, 0.6) is 0 Å². The van der Waals surface area contributed by atoms with E-state index in [9.17, 15) is 22.4 Å². The Bertz CT molecular complexity index is 1110. The molecule has 8 heteroatoms. The van der Waals surface area contributed by atoms with Crippen molar-refractivity contribution in [1.82, 2.24) is 14.5 Å². The molecule has 1 saturated heterocycles. The van der Waals surface area contributed by atoms with Crippen LogP contribution in [-0.2, 0) is 6.18 Å². The number of amides is 1. The van der Waals surface area contributed by atoms with E-state index in [1.807, 2.05) is 4.57 Å². The van der Waals surface area contributed by atoms with E-state index in [1.54, 1.807) is 24.8 Å². The number of nitrogens with zero attached hydrogens (tertiary/aromatic N) is 3. The van der Waals surface area contributed by atoms with Gasteiger partial charge >= 0.3 is 6.18 Å². The second-order valence-corrected chi connectivity index (χ2v) is 7.71. The van der Waals surface area contributed by atoms with Crippen LogP contribution in [0.15, 0.2) is 36.4 Å². The summed E-state index contributed by atoms with van der Waals surface area (Å²) in [4.78, 5) is 18.8. The summed E-state index contributed by atoms with van der Waals surface area (Å²) in [6.45, 7) is 4.52. The Morgan fingerprint density at radius 3 is 2.43 bits per heavy atom. The summed E-state index contributed by atoms with van der Waals surface area (Å²) in [7, 11) is 0. The first kappa shape index (κ1) is 20.4. The van der Waals surface area contributed by atoms with Crippen LogP contribution in [0.4, 0.5) is 17.6 Å². The molecule has 1 fully saturated rings. The molecular formula is C22H21F4N3O. The number of carbonyl (C=O) groups excluding carboxylic acids is 1. The Morgan fingerprint density at radius 1 is 1.07 bits per heavy atom. The summed E-state index contributed by atoms with van der Waals surface area (Å²) >= 11 is 0. The highest BCUT2D eigenvalue weighted by Crippen LogP contribution is 2.34. The molecule has 4 rings (SSSR count). The van der Waals surface area contributed by atoms with Crippen molar-refractivity contribution in [1.29, 1.82) is 0 Å². The first-order valence-electron chi connectivity index (χ1n) is 9.76. The molecule has 158 valence electrons. The number of aromatic nitrogens is 2. The van der Waals surface area contributed by atoms with Crippen LogP contribution in [0, 0.1) is 19.7 Å². The number of fused-ring (bicyclic) bond motifs is 1. The third kappa shape index (κ3) is 3.66. The fraction of sp³-hybridized carbons (Fsp3) is 0.364. The quantitative estimate of drug-likeness (QED) is 0.530. The predicted molar refractivity (Wildman–Crippen MR) is 105 cm³/mol. The van der Waals surface area contributed by atoms with Gasteiger partial charge in [-0.3, -0.25) is 4.79 Å². The maximum absolute atomic E-state index is 13.6. The van der Waals surface area contributed by atoms with Crippen molar-refractivity contribution < 1.29 is 22.4 Å². The van der Waals surface area contributed by atoms with E-state index in [4.69, 9.17) is 0 Å². The lowest BCUT2D eigenvalue weighted by molar-refractivity contribution is -0.137. The number of piperidine rings is 1. The topological polar surface area (TPSA) is 38.1 Å². The average Bonchev–Trinajstić information content (AvgIpc) is 3.03. The third-order valence-electron chi connectivity index (χ3n) is 5.74. The lowest BCUT2D eigenvalue weighted by Crippen LogP contribution is -2.39. The van der Waals surface area contributed by atoms with Gasteiger partial charge in [-0.05, 0) is 62.6 Å². The molecule has 0 aliphatic carbocycles. The van der Waals surface area contributed by atoms with Crippen LogP contribution in [0.1, 0.15) is 46.2 Å². The molecule has 3 aromatic rings. The van der Waals surface area contributed by atoms with Gasteiger partial charge in [-0.2, -0.15) is 13.2 Å². The van der Waals surface area contributed by atoms with Gasteiger partial charge in [0, 0.05) is 24.7 Å². The summed E-state index contributed by atoms with van der Waals surface area (Å²) in [5.41, 5.74) is 1.34. The summed E-state index contributed by atoms with van der Waals surface area (Å²) in [5, 5.41) is 0. The van der Waals surface area contributed by atoms with Crippen molar-refractivity contribution in [2.24, 2.45) is 0 Å². The molecule has 0 N–H and O–H groups in total. The Morgan fingerprint density at radius 2 is 1.77 bits per heavy atom. The van der Waals surface area contributed by atoms with Gasteiger partial charge < -0.3 is 9.47 Å². The SMILES string of the molecule is Cc1ccc(F)cc1C(=O)N1CCC(n2c(C)nc3cc(C(F)(F)F)ccc32)CC1. The molecule has 0 radical (unpaired) electrons. The molecule has 1 aliphatic heterocycles. The van der Waals surface area contributed by atoms with Crippen molar-refractivity contribution in [3.8, 4) is 0 Å². The van der Waals surface area contributed by atoms with E-state index in [-0.39, 0.29) is 11.9 Å². The van der Waals surface area contributed by atoms with Gasteiger partial charge in [0.15, 0.2) is 0 Å². The number of likely N-dealkylation sites (tertiary alicyclic amines) is 1. The number of halogens is 4. The minimum Gasteiger partial charge on any atom is -0.338 e. The number of aryl methyl sites for hydroxylation is 2. The molecular weight excluding hydrogens is 398 g/mol. The highest BCUT2D eigenvalue weighted by atomic mass is 19.4. The molecule has 0 atom stereocenters. The Kier molecular flexibility index (Phi) is 5.03. The van der Waals surface area contributed by atoms with E-state index < -0.39 is 17.6 Å². The number of benzene rings is 2. The van der Waals surface area contributed by atoms with Gasteiger partial charge in [-0.1, -0.05) is 6.07 Å². The van der Waals surface area contributed by atoms with Crippen molar-refractivity contribution in [2.45, 2.75) is 38.9 Å². The molecule has 0 unspecified atom stereocenters. The highest BCUT2D eigenvalue weighted by Gasteiger charge is 2.32. The number of carbonyl (C=O) groups is 1. The van der Waals surface area contributed by atoms with Crippen LogP contribution in [0.3, 0.4) is 0 Å². The third-order valence-corrected chi connectivity index (χ3v) is 5.74. The molecule has 4 nitrogen and oxygen atoms in total. The zero-order valence-electron chi connectivity index (χ0n) is 16.6. The van der Waals surface area contributed by atoms with Crippen LogP contribution in [0.25, 0.3) is 11.0 Å². The van der Waals surface area contributed by atoms with Gasteiger partial charge in [-0.25, -0.2) is 9.37 Å². The summed E-state index contributed by atoms with van der Waals surface area (Å²) in [5.74, 6) is 0.000119. The van der Waals surface area contributed by atoms with E-state index in [0.717, 1.165) is 17.7 Å². The molecule has 2 heterocycles. The number of alkyl halides is 3. The summed E-state index contributed by atoms with van der Waals surface area (Å²) in [6.07, 6.45) is -3.12. The second-order valence-electron chi connectivity index (χ2n) is 7.71. The lowest BCUT2D eigenvalue weighted by atomic mass is 10.0. The molecule has 1 amide bonds. The Balaban J connectivity index is 1.54. The van der Waals surface area contributed by atoms with Gasteiger partial charge in [0.1, 0.15) is 11.6 Å². The zero-order valence-corrected chi connectivity index (χ0v) is 16.6. The second kappa shape index (κ2) is 7.41. The van der Waals surface area contributed by atoms with Crippen LogP contribution < -0.4 is 0 Å². The van der Waals surface area contributed by atoms with Crippen molar-refractivity contribution in [3.05, 3.63) is 64.7 Å². The van der Waals surface area contributed by atoms with Crippen LogP contribution in [-0.4, -0.2) is 33.4 Å². The smallest absolute Gasteiger partial charge is 0.338 e. The standard InChI is InChI=1S/C22H21F4N3O/c1-13-3-5-16(23)12-18(13)21(30)28-9-7-17(8-10-28)29-14(2)27-19-11-15(22(24,25)26)4-6-20(19)29/h3-6,11-12,17H,7-10H2,1-2H3. The molecule has 0 saturated carbocycles. The molecule has 0 spiro atoms. The van der Waals surface area contributed by atoms with Crippen LogP contribution in [0.2, 0.25) is 0 Å². The van der Waals surface area contributed by atoms with E-state index in [1.165, 1.54) is 18.2 Å². The summed E-state index contributed by atoms with van der Waals surface area (Å²) in [6, 6.07) is 7.82. The van der Waals surface area contributed by atoms with Gasteiger partial charge in [0.25, 0.3) is 5.91 Å². The number of rotatable bonds is 2. The highest BCUT2D eigenvalue weighted by molar-refractivity contribution is 5.95. The molecule has 1 aromatic heterocycles. The largest absolute Gasteiger partial charge is 0.416 e. The molecule has 30 heavy (non-hydrogen) atoms. The average molecular weight is 419 g/mol. The number of imidazole rings is 1. The van der Waals surface area contributed by atoms with Crippen molar-refractivity contribution >= 4 is 16.9 Å². The fourth-order valence-electron chi connectivity index (χ4n) is 4.18. The molecule has 2 aromatic carbocycles. The number of hydrogen-bond donors (Lipinski definition) is 0. The lowest BCUT2D eigenvalue weighted by Gasteiger charge is -2.33. The maximum atomic E-state index is 13.6. The Labute approximate surface area is 171 Å². The van der Waals surface area contributed by atoms with Gasteiger partial charge in [-0.15, -0.1) is 0 Å². The van der Waals surface area contributed by atoms with Gasteiger partial charge in [0.05, 0.1) is 16.6 Å². The van der Waals surface area contributed by atoms with E-state index >= 15 is 0 Å². The van der Waals surface area contributed by atoms with Crippen LogP contribution >= 0.6 is 0 Å². The minimum atomic E-state index is -4.41. The monoisotopic (exact) mass is 419 g/mol.